The zero-order valence-corrected chi connectivity index (χ0v) is 12.1. The maximum absolute atomic E-state index is 4.39. The Morgan fingerprint density at radius 1 is 1.37 bits per heavy atom. The fourth-order valence-corrected chi connectivity index (χ4v) is 2.24. The van der Waals surface area contributed by atoms with Crippen LogP contribution >= 0.6 is 11.8 Å². The smallest absolute Gasteiger partial charge is 0.257 e. The second-order valence-electron chi connectivity index (χ2n) is 4.16. The molecule has 0 amide bonds. The molecule has 0 spiro atoms. The lowest BCUT2D eigenvalue weighted by Gasteiger charge is -2.08. The zero-order valence-electron chi connectivity index (χ0n) is 11.2. The van der Waals surface area contributed by atoms with Gasteiger partial charge in [-0.3, -0.25) is 0 Å². The summed E-state index contributed by atoms with van der Waals surface area (Å²) in [6, 6.07) is 0. The van der Waals surface area contributed by atoms with Crippen molar-refractivity contribution in [2.75, 3.05) is 18.1 Å². The predicted molar refractivity (Wildman–Crippen MR) is 74.5 cm³/mol. The van der Waals surface area contributed by atoms with Gasteiger partial charge in [-0.2, -0.15) is 24.7 Å². The van der Waals surface area contributed by atoms with Gasteiger partial charge in [0, 0.05) is 12.8 Å². The minimum atomic E-state index is 0.475. The van der Waals surface area contributed by atoms with Gasteiger partial charge in [-0.25, -0.2) is 4.98 Å². The number of rotatable bonds is 6. The van der Waals surface area contributed by atoms with Gasteiger partial charge in [-0.15, -0.1) is 0 Å². The highest BCUT2D eigenvalue weighted by Crippen LogP contribution is 2.19. The van der Waals surface area contributed by atoms with Crippen LogP contribution in [0.1, 0.15) is 20.3 Å². The molecule has 2 aromatic rings. The van der Waals surface area contributed by atoms with E-state index in [1.54, 1.807) is 25.1 Å². The summed E-state index contributed by atoms with van der Waals surface area (Å²) in [4.78, 5) is 16.9. The van der Waals surface area contributed by atoms with Crippen molar-refractivity contribution in [1.29, 1.82) is 0 Å². The Morgan fingerprint density at radius 3 is 2.84 bits per heavy atom. The summed E-state index contributed by atoms with van der Waals surface area (Å²) >= 11 is 1.63. The number of nitrogens with zero attached hydrogens (tertiary/aromatic N) is 6. The minimum absolute atomic E-state index is 0.475. The third-order valence-corrected chi connectivity index (χ3v) is 3.82. The predicted octanol–water partition coefficient (Wildman–Crippen LogP) is 1.63. The van der Waals surface area contributed by atoms with Gasteiger partial charge in [0.05, 0.1) is 0 Å². The molecule has 2 aromatic heterocycles. The van der Waals surface area contributed by atoms with Crippen LogP contribution in [-0.2, 0) is 0 Å². The summed E-state index contributed by atoms with van der Waals surface area (Å²) in [5.41, 5.74) is 0. The van der Waals surface area contributed by atoms with Crippen LogP contribution in [0.2, 0.25) is 0 Å². The second kappa shape index (κ2) is 6.46. The minimum Gasteiger partial charge on any atom is -0.357 e. The van der Waals surface area contributed by atoms with Crippen LogP contribution in [0.5, 0.6) is 0 Å². The standard InChI is InChI=1S/C11H17N7S/c1-4-8(2)5-19-11-16-9(12-3)15-10(17-11)18-7-13-6-14-18/h6-8H,4-5H2,1-3H3,(H,12,15,16,17). The molecule has 0 aromatic carbocycles. The van der Waals surface area contributed by atoms with E-state index in [1.807, 2.05) is 0 Å². The van der Waals surface area contributed by atoms with Crippen LogP contribution in [0.4, 0.5) is 5.95 Å². The highest BCUT2D eigenvalue weighted by Gasteiger charge is 2.09. The molecule has 19 heavy (non-hydrogen) atoms. The number of hydrogen-bond acceptors (Lipinski definition) is 7. The molecule has 0 aliphatic carbocycles. The van der Waals surface area contributed by atoms with Gasteiger partial charge in [0.25, 0.3) is 5.95 Å². The molecule has 1 unspecified atom stereocenters. The molecule has 0 aliphatic rings. The van der Waals surface area contributed by atoms with Crippen molar-refractivity contribution < 1.29 is 0 Å². The van der Waals surface area contributed by atoms with Crippen molar-refractivity contribution in [2.24, 2.45) is 5.92 Å². The maximum atomic E-state index is 4.39. The fraction of sp³-hybridized carbons (Fsp3) is 0.545. The lowest BCUT2D eigenvalue weighted by molar-refractivity contribution is 0.635. The van der Waals surface area contributed by atoms with Crippen molar-refractivity contribution in [1.82, 2.24) is 29.7 Å². The van der Waals surface area contributed by atoms with Crippen molar-refractivity contribution >= 4 is 17.7 Å². The summed E-state index contributed by atoms with van der Waals surface area (Å²) in [6.07, 6.45) is 4.17. The van der Waals surface area contributed by atoms with E-state index in [0.717, 1.165) is 12.2 Å². The van der Waals surface area contributed by atoms with E-state index in [4.69, 9.17) is 0 Å². The summed E-state index contributed by atoms with van der Waals surface area (Å²) in [7, 11) is 1.78. The number of aromatic nitrogens is 6. The number of anilines is 1. The summed E-state index contributed by atoms with van der Waals surface area (Å²) in [6.45, 7) is 4.39. The van der Waals surface area contributed by atoms with Gasteiger partial charge < -0.3 is 5.32 Å². The van der Waals surface area contributed by atoms with Crippen molar-refractivity contribution in [3.63, 3.8) is 0 Å². The molecule has 0 bridgehead atoms. The summed E-state index contributed by atoms with van der Waals surface area (Å²) < 4.78 is 1.52. The SMILES string of the molecule is CCC(C)CSc1nc(NC)nc(-n2cncn2)n1. The first-order valence-electron chi connectivity index (χ1n) is 6.14. The fourth-order valence-electron chi connectivity index (χ4n) is 1.27. The number of hydrogen-bond donors (Lipinski definition) is 1. The van der Waals surface area contributed by atoms with Crippen LogP contribution in [0.3, 0.4) is 0 Å². The average Bonchev–Trinajstić information content (AvgIpc) is 2.98. The molecule has 2 rings (SSSR count). The Balaban J connectivity index is 2.21. The van der Waals surface area contributed by atoms with E-state index in [0.29, 0.717) is 23.0 Å². The van der Waals surface area contributed by atoms with E-state index in [2.05, 4.69) is 44.2 Å². The molecule has 2 heterocycles. The van der Waals surface area contributed by atoms with Crippen LogP contribution in [0.15, 0.2) is 17.8 Å². The highest BCUT2D eigenvalue weighted by atomic mass is 32.2. The van der Waals surface area contributed by atoms with Crippen molar-refractivity contribution in [3.05, 3.63) is 12.7 Å². The summed E-state index contributed by atoms with van der Waals surface area (Å²) in [5, 5.41) is 7.66. The van der Waals surface area contributed by atoms with Gasteiger partial charge >= 0.3 is 0 Å². The second-order valence-corrected chi connectivity index (χ2v) is 5.14. The lowest BCUT2D eigenvalue weighted by Crippen LogP contribution is -2.08. The molecule has 0 radical (unpaired) electrons. The van der Waals surface area contributed by atoms with Gasteiger partial charge in [-0.1, -0.05) is 32.0 Å². The van der Waals surface area contributed by atoms with Crippen LogP contribution in [0.25, 0.3) is 5.95 Å². The summed E-state index contributed by atoms with van der Waals surface area (Å²) in [5.74, 6) is 2.63. The first-order valence-corrected chi connectivity index (χ1v) is 7.13. The van der Waals surface area contributed by atoms with Crippen molar-refractivity contribution in [3.8, 4) is 5.95 Å². The average molecular weight is 279 g/mol. The molecule has 102 valence electrons. The third-order valence-electron chi connectivity index (χ3n) is 2.64. The Labute approximate surface area is 116 Å². The Bertz CT molecular complexity index is 514. The van der Waals surface area contributed by atoms with Crippen LogP contribution in [0, 0.1) is 5.92 Å². The Hall–Kier alpha value is -1.70. The molecule has 1 N–H and O–H groups in total. The number of thioether (sulfide) groups is 1. The zero-order chi connectivity index (χ0) is 13.7. The molecule has 0 saturated carbocycles. The molecule has 0 saturated heterocycles. The molecular weight excluding hydrogens is 262 g/mol. The normalized spacial score (nSPS) is 12.4. The molecule has 1 atom stereocenters. The quantitative estimate of drug-likeness (QED) is 0.805. The Kier molecular flexibility index (Phi) is 4.67. The molecular formula is C11H17N7S. The van der Waals surface area contributed by atoms with E-state index in [9.17, 15) is 0 Å². The largest absolute Gasteiger partial charge is 0.357 e. The molecule has 8 heteroatoms. The topological polar surface area (TPSA) is 81.4 Å². The van der Waals surface area contributed by atoms with Gasteiger partial charge in [0.1, 0.15) is 12.7 Å². The van der Waals surface area contributed by atoms with Crippen LogP contribution < -0.4 is 5.32 Å². The van der Waals surface area contributed by atoms with E-state index in [1.165, 1.54) is 11.0 Å². The first kappa shape index (κ1) is 13.7. The first-order chi connectivity index (χ1) is 9.22. The van der Waals surface area contributed by atoms with Gasteiger partial charge in [-0.05, 0) is 5.92 Å². The van der Waals surface area contributed by atoms with Gasteiger partial charge in [0.15, 0.2) is 5.16 Å². The third kappa shape index (κ3) is 3.63. The van der Waals surface area contributed by atoms with Crippen LogP contribution in [-0.4, -0.2) is 42.5 Å². The van der Waals surface area contributed by atoms with E-state index >= 15 is 0 Å². The van der Waals surface area contributed by atoms with Gasteiger partial charge in [0.2, 0.25) is 5.95 Å². The maximum Gasteiger partial charge on any atom is 0.257 e. The highest BCUT2D eigenvalue weighted by molar-refractivity contribution is 7.99. The monoisotopic (exact) mass is 279 g/mol. The van der Waals surface area contributed by atoms with E-state index < -0.39 is 0 Å². The molecule has 0 fully saturated rings. The van der Waals surface area contributed by atoms with E-state index in [-0.39, 0.29) is 0 Å². The Morgan fingerprint density at radius 2 is 2.21 bits per heavy atom. The van der Waals surface area contributed by atoms with Crippen molar-refractivity contribution in [2.45, 2.75) is 25.4 Å². The number of nitrogens with one attached hydrogen (secondary N) is 1. The molecule has 0 aliphatic heterocycles. The molecule has 7 nitrogen and oxygen atoms in total. The lowest BCUT2D eigenvalue weighted by atomic mass is 10.2.